The predicted molar refractivity (Wildman–Crippen MR) is 69.0 cm³/mol. The first-order chi connectivity index (χ1) is 7.69. The summed E-state index contributed by atoms with van der Waals surface area (Å²) >= 11 is 7.01. The third-order valence-corrected chi connectivity index (χ3v) is 3.34. The van der Waals surface area contributed by atoms with Gasteiger partial charge in [0.1, 0.15) is 16.6 Å². The number of allylic oxidation sites excluding steroid dienone is 1. The van der Waals surface area contributed by atoms with E-state index in [4.69, 9.17) is 16.9 Å². The molecule has 86 valence electrons. The SMILES string of the molecule is C=CCCCC(C)Nc1snc(Cl)c1C#N. The summed E-state index contributed by atoms with van der Waals surface area (Å²) in [4.78, 5) is 0. The molecule has 0 saturated heterocycles. The number of halogens is 1. The molecule has 0 spiro atoms. The number of rotatable bonds is 6. The summed E-state index contributed by atoms with van der Waals surface area (Å²) in [6, 6.07) is 2.36. The fraction of sp³-hybridized carbons (Fsp3) is 0.455. The summed E-state index contributed by atoms with van der Waals surface area (Å²) in [5.41, 5.74) is 0.447. The maximum Gasteiger partial charge on any atom is 0.162 e. The maximum atomic E-state index is 8.89. The molecule has 5 heteroatoms. The highest BCUT2D eigenvalue weighted by Crippen LogP contribution is 2.28. The number of nitrogens with one attached hydrogen (secondary N) is 1. The molecular weight excluding hydrogens is 242 g/mol. The Morgan fingerprint density at radius 1 is 1.75 bits per heavy atom. The fourth-order valence-electron chi connectivity index (χ4n) is 1.33. The Hall–Kier alpha value is -1.05. The molecule has 0 bridgehead atoms. The fourth-order valence-corrected chi connectivity index (χ4v) is 2.38. The van der Waals surface area contributed by atoms with Crippen molar-refractivity contribution in [3.63, 3.8) is 0 Å². The predicted octanol–water partition coefficient (Wildman–Crippen LogP) is 3.82. The van der Waals surface area contributed by atoms with E-state index >= 15 is 0 Å². The first kappa shape index (κ1) is 13.0. The molecule has 0 saturated carbocycles. The van der Waals surface area contributed by atoms with Crippen LogP contribution in [0.3, 0.4) is 0 Å². The van der Waals surface area contributed by atoms with Crippen LogP contribution in [0.15, 0.2) is 12.7 Å². The molecule has 3 nitrogen and oxygen atoms in total. The lowest BCUT2D eigenvalue weighted by Gasteiger charge is -2.12. The average molecular weight is 256 g/mol. The van der Waals surface area contributed by atoms with Crippen molar-refractivity contribution in [1.82, 2.24) is 4.37 Å². The van der Waals surface area contributed by atoms with E-state index in [0.29, 0.717) is 11.6 Å². The van der Waals surface area contributed by atoms with Gasteiger partial charge in [0, 0.05) is 6.04 Å². The lowest BCUT2D eigenvalue weighted by atomic mass is 10.1. The third kappa shape index (κ3) is 3.51. The lowest BCUT2D eigenvalue weighted by Crippen LogP contribution is -2.14. The van der Waals surface area contributed by atoms with E-state index in [1.54, 1.807) is 0 Å². The largest absolute Gasteiger partial charge is 0.372 e. The Morgan fingerprint density at radius 2 is 2.50 bits per heavy atom. The van der Waals surface area contributed by atoms with Gasteiger partial charge in [-0.25, -0.2) is 0 Å². The van der Waals surface area contributed by atoms with Gasteiger partial charge in [-0.15, -0.1) is 6.58 Å². The van der Waals surface area contributed by atoms with Crippen LogP contribution in [0.1, 0.15) is 31.7 Å². The summed E-state index contributed by atoms with van der Waals surface area (Å²) in [5.74, 6) is 0. The Labute approximate surface area is 105 Å². The number of hydrogen-bond acceptors (Lipinski definition) is 4. The van der Waals surface area contributed by atoms with Gasteiger partial charge in [0.25, 0.3) is 0 Å². The summed E-state index contributed by atoms with van der Waals surface area (Å²) in [5, 5.41) is 13.2. The summed E-state index contributed by atoms with van der Waals surface area (Å²) in [6.07, 6.45) is 5.05. The van der Waals surface area contributed by atoms with Crippen molar-refractivity contribution >= 4 is 28.1 Å². The molecular formula is C11H14ClN3S. The average Bonchev–Trinajstić information content (AvgIpc) is 2.59. The summed E-state index contributed by atoms with van der Waals surface area (Å²) < 4.78 is 3.94. The summed E-state index contributed by atoms with van der Waals surface area (Å²) in [6.45, 7) is 5.76. The first-order valence-corrected chi connectivity index (χ1v) is 6.27. The third-order valence-electron chi connectivity index (χ3n) is 2.19. The van der Waals surface area contributed by atoms with Gasteiger partial charge in [0.15, 0.2) is 5.15 Å². The van der Waals surface area contributed by atoms with E-state index in [1.807, 2.05) is 6.08 Å². The number of unbranched alkanes of at least 4 members (excludes halogenated alkanes) is 1. The van der Waals surface area contributed by atoms with Crippen LogP contribution in [0.4, 0.5) is 5.00 Å². The van der Waals surface area contributed by atoms with Gasteiger partial charge in [-0.05, 0) is 37.7 Å². The monoisotopic (exact) mass is 255 g/mol. The van der Waals surface area contributed by atoms with Gasteiger partial charge in [-0.1, -0.05) is 17.7 Å². The second-order valence-corrected chi connectivity index (χ2v) is 4.69. The van der Waals surface area contributed by atoms with E-state index in [1.165, 1.54) is 11.5 Å². The van der Waals surface area contributed by atoms with Crippen LogP contribution in [0.5, 0.6) is 0 Å². The minimum absolute atomic E-state index is 0.285. The number of anilines is 1. The molecule has 1 rings (SSSR count). The molecule has 1 unspecified atom stereocenters. The molecule has 0 fully saturated rings. The molecule has 1 aromatic rings. The Morgan fingerprint density at radius 3 is 3.12 bits per heavy atom. The van der Waals surface area contributed by atoms with Crippen molar-refractivity contribution < 1.29 is 0 Å². The Balaban J connectivity index is 2.53. The molecule has 1 atom stereocenters. The standard InChI is InChI=1S/C11H14ClN3S/c1-3-4-5-6-8(2)14-11-9(7-13)10(12)15-16-11/h3,8,14H,1,4-6H2,2H3. The van der Waals surface area contributed by atoms with Gasteiger partial charge in [-0.3, -0.25) is 0 Å². The van der Waals surface area contributed by atoms with Crippen molar-refractivity contribution in [2.75, 3.05) is 5.32 Å². The topological polar surface area (TPSA) is 48.7 Å². The van der Waals surface area contributed by atoms with Gasteiger partial charge < -0.3 is 5.32 Å². The zero-order valence-corrected chi connectivity index (χ0v) is 10.7. The zero-order chi connectivity index (χ0) is 12.0. The maximum absolute atomic E-state index is 8.89. The smallest absolute Gasteiger partial charge is 0.162 e. The molecule has 0 aliphatic rings. The first-order valence-electron chi connectivity index (χ1n) is 5.11. The minimum Gasteiger partial charge on any atom is -0.372 e. The highest BCUT2D eigenvalue weighted by atomic mass is 35.5. The number of aromatic nitrogens is 1. The molecule has 0 amide bonds. The molecule has 1 aromatic heterocycles. The number of nitriles is 1. The number of nitrogens with zero attached hydrogens (tertiary/aromatic N) is 2. The van der Waals surface area contributed by atoms with Gasteiger partial charge in [0.05, 0.1) is 0 Å². The van der Waals surface area contributed by atoms with E-state index in [-0.39, 0.29) is 5.15 Å². The lowest BCUT2D eigenvalue weighted by molar-refractivity contribution is 0.664. The normalized spacial score (nSPS) is 11.8. The van der Waals surface area contributed by atoms with Crippen molar-refractivity contribution in [3.05, 3.63) is 23.4 Å². The van der Waals surface area contributed by atoms with E-state index < -0.39 is 0 Å². The Bertz CT molecular complexity index is 394. The van der Waals surface area contributed by atoms with Crippen molar-refractivity contribution in [3.8, 4) is 6.07 Å². The van der Waals surface area contributed by atoms with Crippen molar-refractivity contribution in [1.29, 1.82) is 5.26 Å². The van der Waals surface area contributed by atoms with Crippen LogP contribution in [0.2, 0.25) is 5.15 Å². The highest BCUT2D eigenvalue weighted by Gasteiger charge is 2.13. The second kappa shape index (κ2) is 6.51. The van der Waals surface area contributed by atoms with E-state index in [9.17, 15) is 0 Å². The van der Waals surface area contributed by atoms with Gasteiger partial charge in [-0.2, -0.15) is 9.64 Å². The summed E-state index contributed by atoms with van der Waals surface area (Å²) in [7, 11) is 0. The number of hydrogen-bond donors (Lipinski definition) is 1. The molecule has 1 heterocycles. The van der Waals surface area contributed by atoms with Crippen LogP contribution in [-0.4, -0.2) is 10.4 Å². The van der Waals surface area contributed by atoms with Gasteiger partial charge >= 0.3 is 0 Å². The molecule has 1 N–H and O–H groups in total. The van der Waals surface area contributed by atoms with Crippen LogP contribution in [0, 0.1) is 11.3 Å². The van der Waals surface area contributed by atoms with E-state index in [0.717, 1.165) is 24.3 Å². The molecule has 0 aliphatic carbocycles. The molecule has 0 aromatic carbocycles. The highest BCUT2D eigenvalue weighted by molar-refractivity contribution is 7.10. The van der Waals surface area contributed by atoms with Crippen LogP contribution in [0.25, 0.3) is 0 Å². The van der Waals surface area contributed by atoms with Crippen LogP contribution in [-0.2, 0) is 0 Å². The molecule has 0 radical (unpaired) electrons. The van der Waals surface area contributed by atoms with Crippen LogP contribution >= 0.6 is 23.1 Å². The Kier molecular flexibility index (Phi) is 5.30. The zero-order valence-electron chi connectivity index (χ0n) is 9.16. The van der Waals surface area contributed by atoms with E-state index in [2.05, 4.69) is 29.3 Å². The quantitative estimate of drug-likeness (QED) is 0.621. The second-order valence-electron chi connectivity index (χ2n) is 3.55. The van der Waals surface area contributed by atoms with Gasteiger partial charge in [0.2, 0.25) is 0 Å². The van der Waals surface area contributed by atoms with Crippen molar-refractivity contribution in [2.45, 2.75) is 32.2 Å². The molecule has 16 heavy (non-hydrogen) atoms. The minimum atomic E-state index is 0.285. The van der Waals surface area contributed by atoms with Crippen molar-refractivity contribution in [2.24, 2.45) is 0 Å². The van der Waals surface area contributed by atoms with Crippen LogP contribution < -0.4 is 5.32 Å². The molecule has 0 aliphatic heterocycles.